The lowest BCUT2D eigenvalue weighted by atomic mass is 9.91. The lowest BCUT2D eigenvalue weighted by molar-refractivity contribution is -0.138. The molecule has 1 unspecified atom stereocenters. The standard InChI is InChI=1S/C18H22Cl2N2O3/c19-14-1-2-15(23)17(18(14)20)11-7-13-8-12(9-16(24)22(13)10-11)21-3-5-25-6-4-21/h1-2,11-13,23H,3-10H2/t11-,12?,13-/m0/s1. The first-order chi connectivity index (χ1) is 12.0. The average molecular weight is 385 g/mol. The second-order valence-corrected chi connectivity index (χ2v) is 7.95. The van der Waals surface area contributed by atoms with Crippen molar-refractivity contribution < 1.29 is 14.6 Å². The summed E-state index contributed by atoms with van der Waals surface area (Å²) in [6.07, 6.45) is 2.36. The molecule has 3 aliphatic heterocycles. The zero-order valence-corrected chi connectivity index (χ0v) is 15.5. The molecule has 1 amide bonds. The van der Waals surface area contributed by atoms with Crippen LogP contribution in [0.2, 0.25) is 10.0 Å². The van der Waals surface area contributed by atoms with Gasteiger partial charge in [-0.2, -0.15) is 0 Å². The van der Waals surface area contributed by atoms with Crippen LogP contribution in [-0.4, -0.2) is 65.7 Å². The van der Waals surface area contributed by atoms with Gasteiger partial charge in [0.1, 0.15) is 5.75 Å². The number of amides is 1. The molecule has 3 fully saturated rings. The minimum absolute atomic E-state index is 0.0311. The second-order valence-electron chi connectivity index (χ2n) is 7.17. The topological polar surface area (TPSA) is 53.0 Å². The van der Waals surface area contributed by atoms with Crippen LogP contribution in [0.3, 0.4) is 0 Å². The smallest absolute Gasteiger partial charge is 0.224 e. The van der Waals surface area contributed by atoms with Gasteiger partial charge in [0, 0.05) is 49.6 Å². The van der Waals surface area contributed by atoms with Gasteiger partial charge in [0.05, 0.1) is 23.3 Å². The number of benzene rings is 1. The van der Waals surface area contributed by atoms with Gasteiger partial charge in [-0.3, -0.25) is 9.69 Å². The fourth-order valence-electron chi connectivity index (χ4n) is 4.54. The SMILES string of the molecule is O=C1CC(N2CCOCC2)C[C@@H]2C[C@H](c3c(O)ccc(Cl)c3Cl)CN12. The van der Waals surface area contributed by atoms with Crippen LogP contribution < -0.4 is 0 Å². The maximum absolute atomic E-state index is 12.7. The van der Waals surface area contributed by atoms with E-state index in [0.29, 0.717) is 34.6 Å². The van der Waals surface area contributed by atoms with Crippen molar-refractivity contribution in [3.63, 3.8) is 0 Å². The largest absolute Gasteiger partial charge is 0.508 e. The number of carbonyl (C=O) groups excluding carboxylic acids is 1. The van der Waals surface area contributed by atoms with E-state index in [4.69, 9.17) is 27.9 Å². The molecular formula is C18H22Cl2N2O3. The molecule has 0 bridgehead atoms. The Kier molecular flexibility index (Phi) is 4.84. The van der Waals surface area contributed by atoms with Gasteiger partial charge in [-0.1, -0.05) is 23.2 Å². The van der Waals surface area contributed by atoms with Gasteiger partial charge < -0.3 is 14.7 Å². The van der Waals surface area contributed by atoms with Crippen LogP contribution in [0.5, 0.6) is 5.75 Å². The molecule has 5 nitrogen and oxygen atoms in total. The Morgan fingerprint density at radius 2 is 1.88 bits per heavy atom. The molecule has 0 radical (unpaired) electrons. The number of phenols is 1. The summed E-state index contributed by atoms with van der Waals surface area (Å²) in [6.45, 7) is 3.89. The number of nitrogens with zero attached hydrogens (tertiary/aromatic N) is 2. The predicted molar refractivity (Wildman–Crippen MR) is 96.4 cm³/mol. The van der Waals surface area contributed by atoms with Crippen molar-refractivity contribution in [2.45, 2.75) is 37.3 Å². The molecule has 3 atom stereocenters. The van der Waals surface area contributed by atoms with Crippen LogP contribution in [0.15, 0.2) is 12.1 Å². The highest BCUT2D eigenvalue weighted by Gasteiger charge is 2.44. The van der Waals surface area contributed by atoms with E-state index in [1.807, 2.05) is 4.90 Å². The molecule has 3 aliphatic rings. The third-order valence-electron chi connectivity index (χ3n) is 5.77. The lowest BCUT2D eigenvalue weighted by Crippen LogP contribution is -2.53. The van der Waals surface area contributed by atoms with Crippen molar-refractivity contribution in [1.29, 1.82) is 0 Å². The first-order valence-corrected chi connectivity index (χ1v) is 9.58. The number of aromatic hydroxyl groups is 1. The monoisotopic (exact) mass is 384 g/mol. The molecule has 1 aromatic rings. The third-order valence-corrected chi connectivity index (χ3v) is 6.59. The van der Waals surface area contributed by atoms with E-state index >= 15 is 0 Å². The van der Waals surface area contributed by atoms with E-state index in [1.165, 1.54) is 0 Å². The van der Waals surface area contributed by atoms with Crippen molar-refractivity contribution in [3.8, 4) is 5.75 Å². The van der Waals surface area contributed by atoms with Gasteiger partial charge in [-0.05, 0) is 25.0 Å². The maximum atomic E-state index is 12.7. The summed E-state index contributed by atoms with van der Waals surface area (Å²) in [4.78, 5) is 17.0. The number of halogens is 2. The molecule has 3 saturated heterocycles. The summed E-state index contributed by atoms with van der Waals surface area (Å²) in [5.41, 5.74) is 0.680. The summed E-state index contributed by atoms with van der Waals surface area (Å²) < 4.78 is 5.42. The van der Waals surface area contributed by atoms with Crippen molar-refractivity contribution in [2.75, 3.05) is 32.8 Å². The summed E-state index contributed by atoms with van der Waals surface area (Å²) in [6, 6.07) is 3.68. The minimum Gasteiger partial charge on any atom is -0.508 e. The van der Waals surface area contributed by atoms with Crippen LogP contribution >= 0.6 is 23.2 Å². The van der Waals surface area contributed by atoms with Gasteiger partial charge >= 0.3 is 0 Å². The fourth-order valence-corrected chi connectivity index (χ4v) is 5.02. The Hall–Kier alpha value is -1.01. The third kappa shape index (κ3) is 3.23. The van der Waals surface area contributed by atoms with E-state index in [0.717, 1.165) is 39.1 Å². The number of piperidine rings is 1. The molecule has 3 heterocycles. The number of morpholine rings is 1. The van der Waals surface area contributed by atoms with E-state index < -0.39 is 0 Å². The predicted octanol–water partition coefficient (Wildman–Crippen LogP) is 2.88. The Morgan fingerprint density at radius 3 is 2.64 bits per heavy atom. The van der Waals surface area contributed by atoms with E-state index in [-0.39, 0.29) is 23.6 Å². The van der Waals surface area contributed by atoms with E-state index in [1.54, 1.807) is 12.1 Å². The summed E-state index contributed by atoms with van der Waals surface area (Å²) in [5, 5.41) is 11.1. The number of hydrogen-bond acceptors (Lipinski definition) is 4. The van der Waals surface area contributed by atoms with E-state index in [2.05, 4.69) is 4.90 Å². The van der Waals surface area contributed by atoms with Crippen LogP contribution in [0.25, 0.3) is 0 Å². The molecule has 25 heavy (non-hydrogen) atoms. The number of carbonyl (C=O) groups is 1. The number of ether oxygens (including phenoxy) is 1. The van der Waals surface area contributed by atoms with Gasteiger partial charge in [-0.25, -0.2) is 0 Å². The molecule has 0 spiro atoms. The Labute approximate surface area is 157 Å². The zero-order valence-electron chi connectivity index (χ0n) is 14.0. The maximum Gasteiger partial charge on any atom is 0.224 e. The highest BCUT2D eigenvalue weighted by Crippen LogP contribution is 2.45. The first kappa shape index (κ1) is 17.4. The normalized spacial score (nSPS) is 30.6. The fraction of sp³-hybridized carbons (Fsp3) is 0.611. The molecule has 0 aromatic heterocycles. The zero-order chi connectivity index (χ0) is 17.6. The first-order valence-electron chi connectivity index (χ1n) is 8.82. The van der Waals surface area contributed by atoms with Gasteiger partial charge in [0.2, 0.25) is 5.91 Å². The summed E-state index contributed by atoms with van der Waals surface area (Å²) in [7, 11) is 0. The number of fused-ring (bicyclic) bond motifs is 1. The molecule has 4 rings (SSSR count). The van der Waals surface area contributed by atoms with Crippen LogP contribution in [-0.2, 0) is 9.53 Å². The van der Waals surface area contributed by atoms with Crippen LogP contribution in [0, 0.1) is 0 Å². The molecule has 1 N–H and O–H groups in total. The highest BCUT2D eigenvalue weighted by molar-refractivity contribution is 6.42. The molecule has 7 heteroatoms. The van der Waals surface area contributed by atoms with Gasteiger partial charge in [0.15, 0.2) is 0 Å². The number of rotatable bonds is 2. The quantitative estimate of drug-likeness (QED) is 0.851. The van der Waals surface area contributed by atoms with Gasteiger partial charge in [-0.15, -0.1) is 0 Å². The van der Waals surface area contributed by atoms with Gasteiger partial charge in [0.25, 0.3) is 0 Å². The number of phenolic OH excluding ortho intramolecular Hbond substituents is 1. The van der Waals surface area contributed by atoms with Crippen molar-refractivity contribution in [3.05, 3.63) is 27.7 Å². The minimum atomic E-state index is 0.0311. The number of hydrogen-bond donors (Lipinski definition) is 1. The van der Waals surface area contributed by atoms with Crippen LogP contribution in [0.4, 0.5) is 0 Å². The Morgan fingerprint density at radius 1 is 1.12 bits per heavy atom. The average Bonchev–Trinajstić information content (AvgIpc) is 3.03. The van der Waals surface area contributed by atoms with E-state index in [9.17, 15) is 9.90 Å². The molecule has 0 saturated carbocycles. The second kappa shape index (κ2) is 6.95. The Bertz CT molecular complexity index is 679. The highest BCUT2D eigenvalue weighted by atomic mass is 35.5. The molecule has 0 aliphatic carbocycles. The summed E-state index contributed by atoms with van der Waals surface area (Å²) >= 11 is 12.5. The Balaban J connectivity index is 1.53. The molecule has 136 valence electrons. The molecular weight excluding hydrogens is 363 g/mol. The van der Waals surface area contributed by atoms with Crippen molar-refractivity contribution in [2.24, 2.45) is 0 Å². The molecule has 1 aromatic carbocycles. The summed E-state index contributed by atoms with van der Waals surface area (Å²) in [5.74, 6) is 0.396. The van der Waals surface area contributed by atoms with Crippen molar-refractivity contribution in [1.82, 2.24) is 9.80 Å². The van der Waals surface area contributed by atoms with Crippen molar-refractivity contribution >= 4 is 29.1 Å². The lowest BCUT2D eigenvalue weighted by Gasteiger charge is -2.41. The van der Waals surface area contributed by atoms with Crippen LogP contribution in [0.1, 0.15) is 30.7 Å².